The van der Waals surface area contributed by atoms with Crippen LogP contribution in [0.1, 0.15) is 43.6 Å². The highest BCUT2D eigenvalue weighted by Crippen LogP contribution is 2.36. The minimum atomic E-state index is -0.320. The Bertz CT molecular complexity index is 1240. The van der Waals surface area contributed by atoms with E-state index in [0.29, 0.717) is 41.2 Å². The zero-order valence-corrected chi connectivity index (χ0v) is 18.9. The van der Waals surface area contributed by atoms with Gasteiger partial charge in [-0.15, -0.1) is 11.8 Å². The fourth-order valence-electron chi connectivity index (χ4n) is 4.22. The van der Waals surface area contributed by atoms with Gasteiger partial charge in [-0.25, -0.2) is 0 Å². The van der Waals surface area contributed by atoms with Crippen molar-refractivity contribution in [3.8, 4) is 5.75 Å². The van der Waals surface area contributed by atoms with E-state index in [0.717, 1.165) is 16.3 Å². The summed E-state index contributed by atoms with van der Waals surface area (Å²) in [6.07, 6.45) is 0. The Morgan fingerprint density at radius 1 is 0.970 bits per heavy atom. The second-order valence-corrected chi connectivity index (χ2v) is 8.92. The Kier molecular flexibility index (Phi) is 5.64. The third-order valence-electron chi connectivity index (χ3n) is 5.77. The Balaban J connectivity index is 1.47. The van der Waals surface area contributed by atoms with Crippen LogP contribution in [0.3, 0.4) is 0 Å². The van der Waals surface area contributed by atoms with Crippen molar-refractivity contribution >= 4 is 35.2 Å². The van der Waals surface area contributed by atoms with Crippen LogP contribution in [0.4, 0.5) is 5.69 Å². The molecule has 0 unspecified atom stereocenters. The molecule has 0 fully saturated rings. The first-order valence-corrected chi connectivity index (χ1v) is 11.8. The van der Waals surface area contributed by atoms with Crippen LogP contribution in [-0.2, 0) is 6.54 Å². The highest BCUT2D eigenvalue weighted by molar-refractivity contribution is 7.99. The molecule has 0 aliphatic carbocycles. The number of fused-ring (bicyclic) bond motifs is 2. The van der Waals surface area contributed by atoms with Gasteiger partial charge in [-0.1, -0.05) is 30.3 Å². The van der Waals surface area contributed by atoms with E-state index in [4.69, 9.17) is 4.74 Å². The monoisotopic (exact) mass is 458 g/mol. The molecule has 0 saturated heterocycles. The van der Waals surface area contributed by atoms with Crippen molar-refractivity contribution in [1.82, 2.24) is 4.90 Å². The summed E-state index contributed by atoms with van der Waals surface area (Å²) in [7, 11) is 0. The molecule has 0 aromatic heterocycles. The SMILES string of the molecule is CCOc1ccc(CN2C(=O)c3ccccc3C2=O)cc1C(=O)N1CCSc2ccccc21. The van der Waals surface area contributed by atoms with E-state index in [1.54, 1.807) is 59.1 Å². The second kappa shape index (κ2) is 8.75. The molecule has 2 aliphatic rings. The van der Waals surface area contributed by atoms with Crippen LogP contribution in [0.5, 0.6) is 5.75 Å². The molecular formula is C26H22N2O4S. The quantitative estimate of drug-likeness (QED) is 0.522. The third kappa shape index (κ3) is 3.78. The minimum absolute atomic E-state index is 0.0888. The first-order valence-electron chi connectivity index (χ1n) is 10.8. The van der Waals surface area contributed by atoms with E-state index in [9.17, 15) is 14.4 Å². The number of anilines is 1. The molecule has 0 saturated carbocycles. The number of hydrogen-bond donors (Lipinski definition) is 0. The molecule has 0 N–H and O–H groups in total. The average Bonchev–Trinajstić information content (AvgIpc) is 3.09. The zero-order valence-electron chi connectivity index (χ0n) is 18.1. The van der Waals surface area contributed by atoms with Crippen LogP contribution in [-0.4, -0.2) is 41.5 Å². The van der Waals surface area contributed by atoms with E-state index in [2.05, 4.69) is 0 Å². The number of para-hydroxylation sites is 1. The first-order chi connectivity index (χ1) is 16.1. The number of amides is 3. The fourth-order valence-corrected chi connectivity index (χ4v) is 5.21. The molecule has 0 spiro atoms. The average molecular weight is 459 g/mol. The molecule has 3 aromatic carbocycles. The summed E-state index contributed by atoms with van der Waals surface area (Å²) in [5, 5.41) is 0. The number of ether oxygens (including phenoxy) is 1. The highest BCUT2D eigenvalue weighted by Gasteiger charge is 2.35. The largest absolute Gasteiger partial charge is 0.493 e. The normalized spacial score (nSPS) is 14.8. The number of benzene rings is 3. The maximum atomic E-state index is 13.6. The standard InChI is InChI=1S/C26H22N2O4S/c1-2-32-22-12-11-17(16-28-24(29)18-7-3-4-8-19(18)25(28)30)15-20(22)26(31)27-13-14-33-23-10-6-5-9-21(23)27/h3-12,15H,2,13-14,16H2,1H3. The molecule has 6 nitrogen and oxygen atoms in total. The van der Waals surface area contributed by atoms with Gasteiger partial charge in [-0.2, -0.15) is 0 Å². The molecule has 3 aromatic rings. The van der Waals surface area contributed by atoms with Crippen LogP contribution in [0, 0.1) is 0 Å². The van der Waals surface area contributed by atoms with Crippen LogP contribution >= 0.6 is 11.8 Å². The van der Waals surface area contributed by atoms with Crippen molar-refractivity contribution in [2.24, 2.45) is 0 Å². The lowest BCUT2D eigenvalue weighted by atomic mass is 10.1. The third-order valence-corrected chi connectivity index (χ3v) is 6.81. The van der Waals surface area contributed by atoms with Gasteiger partial charge >= 0.3 is 0 Å². The lowest BCUT2D eigenvalue weighted by Gasteiger charge is -2.29. The Morgan fingerprint density at radius 2 is 1.67 bits per heavy atom. The van der Waals surface area contributed by atoms with Gasteiger partial charge < -0.3 is 9.64 Å². The summed E-state index contributed by atoms with van der Waals surface area (Å²) in [5.74, 6) is 0.500. The molecule has 2 heterocycles. The van der Waals surface area contributed by atoms with E-state index < -0.39 is 0 Å². The number of thioether (sulfide) groups is 1. The molecular weight excluding hydrogens is 436 g/mol. The lowest BCUT2D eigenvalue weighted by Crippen LogP contribution is -2.36. The molecule has 0 atom stereocenters. The van der Waals surface area contributed by atoms with E-state index in [1.165, 1.54) is 4.90 Å². The molecule has 0 radical (unpaired) electrons. The van der Waals surface area contributed by atoms with Crippen molar-refractivity contribution in [3.05, 3.63) is 89.0 Å². The van der Waals surface area contributed by atoms with Gasteiger partial charge in [0, 0.05) is 17.2 Å². The van der Waals surface area contributed by atoms with Crippen LogP contribution in [0.2, 0.25) is 0 Å². The summed E-state index contributed by atoms with van der Waals surface area (Å²) >= 11 is 1.73. The van der Waals surface area contributed by atoms with Gasteiger partial charge in [0.2, 0.25) is 0 Å². The van der Waals surface area contributed by atoms with Crippen molar-refractivity contribution in [2.75, 3.05) is 23.8 Å². The first kappa shape index (κ1) is 21.3. The van der Waals surface area contributed by atoms with Gasteiger partial charge in [0.1, 0.15) is 5.75 Å². The van der Waals surface area contributed by atoms with E-state index in [1.807, 2.05) is 31.2 Å². The number of nitrogens with zero attached hydrogens (tertiary/aromatic N) is 2. The van der Waals surface area contributed by atoms with Gasteiger partial charge in [-0.05, 0) is 48.9 Å². The number of rotatable bonds is 5. The van der Waals surface area contributed by atoms with Gasteiger partial charge in [-0.3, -0.25) is 19.3 Å². The number of carbonyl (C=O) groups excluding carboxylic acids is 3. The molecule has 3 amide bonds. The van der Waals surface area contributed by atoms with Crippen LogP contribution < -0.4 is 9.64 Å². The van der Waals surface area contributed by atoms with Crippen molar-refractivity contribution < 1.29 is 19.1 Å². The minimum Gasteiger partial charge on any atom is -0.493 e. The van der Waals surface area contributed by atoms with Crippen LogP contribution in [0.25, 0.3) is 0 Å². The maximum absolute atomic E-state index is 13.6. The number of carbonyl (C=O) groups is 3. The topological polar surface area (TPSA) is 66.9 Å². The Labute approximate surface area is 196 Å². The van der Waals surface area contributed by atoms with E-state index >= 15 is 0 Å². The van der Waals surface area contributed by atoms with Crippen LogP contribution in [0.15, 0.2) is 71.6 Å². The second-order valence-electron chi connectivity index (χ2n) is 7.78. The summed E-state index contributed by atoms with van der Waals surface area (Å²) in [4.78, 5) is 43.3. The van der Waals surface area contributed by atoms with Gasteiger partial charge in [0.05, 0.1) is 35.5 Å². The number of hydrogen-bond acceptors (Lipinski definition) is 5. The summed E-state index contributed by atoms with van der Waals surface area (Å²) in [6, 6.07) is 19.9. The fraction of sp³-hybridized carbons (Fsp3) is 0.192. The van der Waals surface area contributed by atoms with Crippen molar-refractivity contribution in [2.45, 2.75) is 18.4 Å². The molecule has 2 aliphatic heterocycles. The summed E-state index contributed by atoms with van der Waals surface area (Å²) in [6.45, 7) is 2.97. The smallest absolute Gasteiger partial charge is 0.262 e. The van der Waals surface area contributed by atoms with Gasteiger partial charge in [0.25, 0.3) is 17.7 Å². The highest BCUT2D eigenvalue weighted by atomic mass is 32.2. The maximum Gasteiger partial charge on any atom is 0.262 e. The van der Waals surface area contributed by atoms with Crippen molar-refractivity contribution in [3.63, 3.8) is 0 Å². The summed E-state index contributed by atoms with van der Waals surface area (Å²) < 4.78 is 5.75. The predicted octanol–water partition coefficient (Wildman–Crippen LogP) is 4.63. The number of imide groups is 1. The van der Waals surface area contributed by atoms with Gasteiger partial charge in [0.15, 0.2) is 0 Å². The lowest BCUT2D eigenvalue weighted by molar-refractivity contribution is 0.0642. The summed E-state index contributed by atoms with van der Waals surface area (Å²) in [5.41, 5.74) is 2.81. The zero-order chi connectivity index (χ0) is 22.9. The molecule has 0 bridgehead atoms. The molecule has 7 heteroatoms. The van der Waals surface area contributed by atoms with Crippen molar-refractivity contribution in [1.29, 1.82) is 0 Å². The molecule has 5 rings (SSSR count). The predicted molar refractivity (Wildman–Crippen MR) is 127 cm³/mol. The van der Waals surface area contributed by atoms with E-state index in [-0.39, 0.29) is 24.3 Å². The molecule has 166 valence electrons. The Morgan fingerprint density at radius 3 is 2.39 bits per heavy atom. The molecule has 33 heavy (non-hydrogen) atoms. The Hall–Kier alpha value is -3.58.